The van der Waals surface area contributed by atoms with Gasteiger partial charge >= 0.3 is 0 Å². The lowest BCUT2D eigenvalue weighted by Gasteiger charge is -2.11. The third-order valence-corrected chi connectivity index (χ3v) is 2.85. The predicted molar refractivity (Wildman–Crippen MR) is 73.5 cm³/mol. The Balaban J connectivity index is 1.95. The first-order valence-corrected chi connectivity index (χ1v) is 6.74. The van der Waals surface area contributed by atoms with Crippen molar-refractivity contribution >= 4 is 0 Å². The fourth-order valence-corrected chi connectivity index (χ4v) is 1.89. The van der Waals surface area contributed by atoms with Gasteiger partial charge in [0, 0.05) is 6.04 Å². The van der Waals surface area contributed by atoms with Crippen molar-refractivity contribution in [2.75, 3.05) is 13.2 Å². The molecule has 1 aromatic rings. The first-order valence-electron chi connectivity index (χ1n) is 6.74. The van der Waals surface area contributed by atoms with Crippen LogP contribution in [0.3, 0.4) is 0 Å². The summed E-state index contributed by atoms with van der Waals surface area (Å²) in [4.78, 5) is 0. The van der Waals surface area contributed by atoms with Gasteiger partial charge in [0.1, 0.15) is 5.75 Å². The summed E-state index contributed by atoms with van der Waals surface area (Å²) in [5, 5.41) is 3.43. The highest BCUT2D eigenvalue weighted by Crippen LogP contribution is 2.10. The Kier molecular flexibility index (Phi) is 7.48. The van der Waals surface area contributed by atoms with E-state index < -0.39 is 0 Å². The lowest BCUT2D eigenvalue weighted by atomic mass is 10.1. The lowest BCUT2D eigenvalue weighted by molar-refractivity contribution is 0.303. The molecule has 0 spiro atoms. The maximum Gasteiger partial charge on any atom is 0.119 e. The van der Waals surface area contributed by atoms with Crippen LogP contribution < -0.4 is 10.1 Å². The molecule has 1 unspecified atom stereocenters. The summed E-state index contributed by atoms with van der Waals surface area (Å²) in [6, 6.07) is 10.7. The minimum atomic E-state index is 0.648. The summed E-state index contributed by atoms with van der Waals surface area (Å²) < 4.78 is 5.64. The molecule has 1 atom stereocenters. The van der Waals surface area contributed by atoms with Gasteiger partial charge in [0.2, 0.25) is 0 Å². The molecule has 0 heterocycles. The highest BCUT2D eigenvalue weighted by molar-refractivity contribution is 5.20. The van der Waals surface area contributed by atoms with Gasteiger partial charge in [0.05, 0.1) is 6.61 Å². The molecule has 2 heteroatoms. The highest BCUT2D eigenvalue weighted by atomic mass is 16.5. The smallest absolute Gasteiger partial charge is 0.119 e. The van der Waals surface area contributed by atoms with Gasteiger partial charge in [-0.3, -0.25) is 0 Å². The zero-order valence-corrected chi connectivity index (χ0v) is 11.1. The summed E-state index contributed by atoms with van der Waals surface area (Å²) in [6.07, 6.45) is 4.95. The minimum absolute atomic E-state index is 0.648. The van der Waals surface area contributed by atoms with Gasteiger partial charge in [-0.05, 0) is 38.4 Å². The van der Waals surface area contributed by atoms with Gasteiger partial charge in [0.25, 0.3) is 0 Å². The van der Waals surface area contributed by atoms with Crippen molar-refractivity contribution in [3.05, 3.63) is 30.3 Å². The Hall–Kier alpha value is -1.02. The number of para-hydroxylation sites is 1. The van der Waals surface area contributed by atoms with Crippen LogP contribution in [0.4, 0.5) is 0 Å². The number of benzene rings is 1. The van der Waals surface area contributed by atoms with Crippen LogP contribution in [0.15, 0.2) is 30.3 Å². The van der Waals surface area contributed by atoms with Gasteiger partial charge in [-0.25, -0.2) is 0 Å². The van der Waals surface area contributed by atoms with Gasteiger partial charge in [-0.2, -0.15) is 0 Å². The third-order valence-electron chi connectivity index (χ3n) is 2.85. The normalized spacial score (nSPS) is 12.4. The summed E-state index contributed by atoms with van der Waals surface area (Å²) >= 11 is 0. The van der Waals surface area contributed by atoms with Crippen LogP contribution >= 0.6 is 0 Å². The Labute approximate surface area is 105 Å². The average Bonchev–Trinajstić information content (AvgIpc) is 2.35. The van der Waals surface area contributed by atoms with Crippen LogP contribution in [0, 0.1) is 0 Å². The summed E-state index contributed by atoms with van der Waals surface area (Å²) in [5.74, 6) is 0.980. The van der Waals surface area contributed by atoms with E-state index in [0.717, 1.165) is 25.3 Å². The molecule has 0 aliphatic rings. The maximum absolute atomic E-state index is 5.64. The third kappa shape index (κ3) is 7.01. The summed E-state index contributed by atoms with van der Waals surface area (Å²) in [5.41, 5.74) is 0. The van der Waals surface area contributed by atoms with E-state index in [1.165, 1.54) is 19.3 Å². The zero-order valence-electron chi connectivity index (χ0n) is 11.1. The van der Waals surface area contributed by atoms with E-state index in [-0.39, 0.29) is 0 Å². The summed E-state index contributed by atoms with van der Waals surface area (Å²) in [7, 11) is 0. The van der Waals surface area contributed by atoms with E-state index in [4.69, 9.17) is 4.74 Å². The van der Waals surface area contributed by atoms with Crippen LogP contribution in [0.1, 0.15) is 39.5 Å². The number of unbranched alkanes of at least 4 members (excludes halogenated alkanes) is 2. The molecule has 0 bridgehead atoms. The molecule has 0 aliphatic heterocycles. The number of hydrogen-bond acceptors (Lipinski definition) is 2. The minimum Gasteiger partial charge on any atom is -0.494 e. The topological polar surface area (TPSA) is 21.3 Å². The first-order chi connectivity index (χ1) is 8.33. The molecule has 0 aliphatic carbocycles. The fraction of sp³-hybridized carbons (Fsp3) is 0.600. The van der Waals surface area contributed by atoms with E-state index in [9.17, 15) is 0 Å². The second kappa shape index (κ2) is 9.06. The number of nitrogens with one attached hydrogen (secondary N) is 1. The largest absolute Gasteiger partial charge is 0.494 e. The SMILES string of the molecule is CCNC(C)CCCCCOc1ccccc1. The van der Waals surface area contributed by atoms with Crippen molar-refractivity contribution in [1.29, 1.82) is 0 Å². The molecular weight excluding hydrogens is 210 g/mol. The zero-order chi connectivity index (χ0) is 12.3. The van der Waals surface area contributed by atoms with Gasteiger partial charge in [-0.1, -0.05) is 38.0 Å². The monoisotopic (exact) mass is 235 g/mol. The van der Waals surface area contributed by atoms with E-state index in [2.05, 4.69) is 19.2 Å². The quantitative estimate of drug-likeness (QED) is 0.660. The molecule has 1 aromatic carbocycles. The highest BCUT2D eigenvalue weighted by Gasteiger charge is 1.99. The average molecular weight is 235 g/mol. The van der Waals surface area contributed by atoms with Gasteiger partial charge in [0.15, 0.2) is 0 Å². The van der Waals surface area contributed by atoms with E-state index in [0.29, 0.717) is 6.04 Å². The van der Waals surface area contributed by atoms with Crippen molar-refractivity contribution in [3.63, 3.8) is 0 Å². The lowest BCUT2D eigenvalue weighted by Crippen LogP contribution is -2.25. The van der Waals surface area contributed by atoms with Crippen molar-refractivity contribution in [2.45, 2.75) is 45.6 Å². The Morgan fingerprint density at radius 3 is 2.59 bits per heavy atom. The molecule has 0 aromatic heterocycles. The maximum atomic E-state index is 5.64. The molecule has 17 heavy (non-hydrogen) atoms. The van der Waals surface area contributed by atoms with Gasteiger partial charge in [-0.15, -0.1) is 0 Å². The first kappa shape index (κ1) is 14.0. The van der Waals surface area contributed by atoms with Crippen LogP contribution in [0.2, 0.25) is 0 Å². The molecule has 96 valence electrons. The molecule has 0 radical (unpaired) electrons. The molecular formula is C15H25NO. The van der Waals surface area contributed by atoms with E-state index >= 15 is 0 Å². The van der Waals surface area contributed by atoms with Crippen molar-refractivity contribution in [1.82, 2.24) is 5.32 Å². The fourth-order valence-electron chi connectivity index (χ4n) is 1.89. The van der Waals surface area contributed by atoms with Gasteiger partial charge < -0.3 is 10.1 Å². The van der Waals surface area contributed by atoms with E-state index in [1.807, 2.05) is 30.3 Å². The van der Waals surface area contributed by atoms with Crippen molar-refractivity contribution in [2.24, 2.45) is 0 Å². The standard InChI is InChI=1S/C15H25NO/c1-3-16-14(2)10-6-5-9-13-17-15-11-7-4-8-12-15/h4,7-8,11-12,14,16H,3,5-6,9-10,13H2,1-2H3. The van der Waals surface area contributed by atoms with E-state index in [1.54, 1.807) is 0 Å². The molecule has 0 fully saturated rings. The molecule has 1 N–H and O–H groups in total. The van der Waals surface area contributed by atoms with Crippen molar-refractivity contribution < 1.29 is 4.74 Å². The van der Waals surface area contributed by atoms with Crippen LogP contribution in [0.25, 0.3) is 0 Å². The second-order valence-corrected chi connectivity index (χ2v) is 4.47. The molecule has 0 saturated carbocycles. The second-order valence-electron chi connectivity index (χ2n) is 4.47. The van der Waals surface area contributed by atoms with Crippen LogP contribution in [-0.4, -0.2) is 19.2 Å². The molecule has 1 rings (SSSR count). The number of hydrogen-bond donors (Lipinski definition) is 1. The number of ether oxygens (including phenoxy) is 1. The molecule has 0 saturated heterocycles. The van der Waals surface area contributed by atoms with Crippen LogP contribution in [0.5, 0.6) is 5.75 Å². The Morgan fingerprint density at radius 2 is 1.88 bits per heavy atom. The Bertz CT molecular complexity index is 274. The molecule has 2 nitrogen and oxygen atoms in total. The number of rotatable bonds is 9. The summed E-state index contributed by atoms with van der Waals surface area (Å²) in [6.45, 7) is 6.31. The predicted octanol–water partition coefficient (Wildman–Crippen LogP) is 3.62. The van der Waals surface area contributed by atoms with Crippen molar-refractivity contribution in [3.8, 4) is 5.75 Å². The Morgan fingerprint density at radius 1 is 1.12 bits per heavy atom. The molecule has 0 amide bonds. The van der Waals surface area contributed by atoms with Crippen LogP contribution in [-0.2, 0) is 0 Å².